The van der Waals surface area contributed by atoms with Crippen molar-refractivity contribution in [2.24, 2.45) is 0 Å². The van der Waals surface area contributed by atoms with Crippen molar-refractivity contribution < 1.29 is 14.7 Å². The van der Waals surface area contributed by atoms with Crippen molar-refractivity contribution in [1.29, 1.82) is 0 Å². The molecule has 1 heterocycles. The molecule has 1 saturated heterocycles. The molecular weight excluding hydrogens is 325 g/mol. The van der Waals surface area contributed by atoms with E-state index in [0.29, 0.717) is 42.3 Å². The molecule has 2 rings (SSSR count). The molecule has 22 heavy (non-hydrogen) atoms. The van der Waals surface area contributed by atoms with Crippen LogP contribution in [0.3, 0.4) is 0 Å². The topological polar surface area (TPSA) is 57.6 Å². The smallest absolute Gasteiger partial charge is 0.326 e. The molecule has 0 saturated carbocycles. The molecule has 0 spiro atoms. The Labute approximate surface area is 140 Å². The van der Waals surface area contributed by atoms with E-state index in [1.54, 1.807) is 12.1 Å². The number of carbonyl (C=O) groups excluding carboxylic acids is 1. The molecule has 120 valence electrons. The molecule has 1 fully saturated rings. The molecular formula is C16H19Cl2NO3. The number of aliphatic carboxylic acids is 1. The van der Waals surface area contributed by atoms with Crippen LogP contribution in [0.25, 0.3) is 0 Å². The minimum atomic E-state index is -0.905. The molecule has 1 N–H and O–H groups in total. The second-order valence-electron chi connectivity index (χ2n) is 5.54. The number of rotatable bonds is 5. The number of benzene rings is 1. The number of carbonyl (C=O) groups is 2. The number of nitrogens with zero attached hydrogens (tertiary/aromatic N) is 1. The monoisotopic (exact) mass is 343 g/mol. The van der Waals surface area contributed by atoms with Crippen molar-refractivity contribution in [2.75, 3.05) is 6.54 Å². The third-order valence-corrected chi connectivity index (χ3v) is 4.69. The molecule has 1 atom stereocenters. The Morgan fingerprint density at radius 3 is 2.68 bits per heavy atom. The van der Waals surface area contributed by atoms with Gasteiger partial charge in [0.1, 0.15) is 6.04 Å². The van der Waals surface area contributed by atoms with Crippen LogP contribution in [0.2, 0.25) is 10.0 Å². The molecule has 1 aromatic carbocycles. The molecule has 1 amide bonds. The van der Waals surface area contributed by atoms with Gasteiger partial charge >= 0.3 is 5.97 Å². The molecule has 0 bridgehead atoms. The molecule has 0 unspecified atom stereocenters. The van der Waals surface area contributed by atoms with E-state index < -0.39 is 12.0 Å². The lowest BCUT2D eigenvalue weighted by Crippen LogP contribution is -2.47. The van der Waals surface area contributed by atoms with Crippen LogP contribution >= 0.6 is 23.2 Å². The van der Waals surface area contributed by atoms with Crippen molar-refractivity contribution in [3.63, 3.8) is 0 Å². The quantitative estimate of drug-likeness (QED) is 0.884. The normalized spacial score (nSPS) is 18.3. The van der Waals surface area contributed by atoms with E-state index in [0.717, 1.165) is 18.4 Å². The first-order valence-electron chi connectivity index (χ1n) is 7.45. The van der Waals surface area contributed by atoms with E-state index >= 15 is 0 Å². The summed E-state index contributed by atoms with van der Waals surface area (Å²) in [7, 11) is 0. The van der Waals surface area contributed by atoms with Crippen LogP contribution in [0, 0.1) is 0 Å². The molecule has 1 aliphatic rings. The highest BCUT2D eigenvalue weighted by molar-refractivity contribution is 6.42. The van der Waals surface area contributed by atoms with E-state index in [-0.39, 0.29) is 5.91 Å². The van der Waals surface area contributed by atoms with Crippen molar-refractivity contribution in [2.45, 2.75) is 44.6 Å². The summed E-state index contributed by atoms with van der Waals surface area (Å²) in [5, 5.41) is 10.2. The largest absolute Gasteiger partial charge is 0.480 e. The zero-order valence-corrected chi connectivity index (χ0v) is 13.7. The van der Waals surface area contributed by atoms with Gasteiger partial charge in [0.05, 0.1) is 10.0 Å². The summed E-state index contributed by atoms with van der Waals surface area (Å²) in [4.78, 5) is 25.0. The average molecular weight is 344 g/mol. The van der Waals surface area contributed by atoms with Crippen LogP contribution in [-0.4, -0.2) is 34.5 Å². The number of amides is 1. The van der Waals surface area contributed by atoms with Crippen LogP contribution in [-0.2, 0) is 16.0 Å². The maximum absolute atomic E-state index is 12.2. The van der Waals surface area contributed by atoms with Gasteiger partial charge in [-0.2, -0.15) is 0 Å². The molecule has 4 nitrogen and oxygen atoms in total. The maximum Gasteiger partial charge on any atom is 0.326 e. The summed E-state index contributed by atoms with van der Waals surface area (Å²) in [6, 6.07) is 4.77. The number of aryl methyl sites for hydroxylation is 1. The standard InChI is InChI=1S/C16H19Cl2NO3/c17-12-8-7-11(10-13(12)18)4-3-6-15(20)19-9-2-1-5-14(19)16(21)22/h7-8,10,14H,1-6,9H2,(H,21,22)/t14-/m1/s1. The maximum atomic E-state index is 12.2. The number of hydrogen-bond acceptors (Lipinski definition) is 2. The van der Waals surface area contributed by atoms with E-state index in [1.165, 1.54) is 4.90 Å². The Balaban J connectivity index is 1.86. The Hall–Kier alpha value is -1.26. The van der Waals surface area contributed by atoms with Gasteiger partial charge in [-0.05, 0) is 49.8 Å². The van der Waals surface area contributed by atoms with Gasteiger partial charge in [0.2, 0.25) is 5.91 Å². The molecule has 1 aromatic rings. The SMILES string of the molecule is O=C(O)[C@H]1CCCCN1C(=O)CCCc1ccc(Cl)c(Cl)c1. The van der Waals surface area contributed by atoms with Crippen LogP contribution < -0.4 is 0 Å². The molecule has 0 aliphatic carbocycles. The summed E-state index contributed by atoms with van der Waals surface area (Å²) < 4.78 is 0. The lowest BCUT2D eigenvalue weighted by atomic mass is 10.0. The summed E-state index contributed by atoms with van der Waals surface area (Å²) in [5.41, 5.74) is 1.02. The minimum Gasteiger partial charge on any atom is -0.480 e. The number of hydrogen-bond donors (Lipinski definition) is 1. The van der Waals surface area contributed by atoms with Crippen LogP contribution in [0.1, 0.15) is 37.7 Å². The molecule has 0 radical (unpaired) electrons. The van der Waals surface area contributed by atoms with Crippen LogP contribution in [0.15, 0.2) is 18.2 Å². The summed E-state index contributed by atoms with van der Waals surface area (Å²) >= 11 is 11.8. The van der Waals surface area contributed by atoms with Gasteiger partial charge in [0.25, 0.3) is 0 Å². The second-order valence-corrected chi connectivity index (χ2v) is 6.35. The van der Waals surface area contributed by atoms with Crippen LogP contribution in [0.5, 0.6) is 0 Å². The Morgan fingerprint density at radius 1 is 1.23 bits per heavy atom. The van der Waals surface area contributed by atoms with E-state index in [4.69, 9.17) is 23.2 Å². The number of likely N-dealkylation sites (tertiary alicyclic amines) is 1. The van der Waals surface area contributed by atoms with Gasteiger partial charge in [-0.3, -0.25) is 4.79 Å². The summed E-state index contributed by atoms with van der Waals surface area (Å²) in [6.45, 7) is 0.544. The Bertz CT molecular complexity index is 562. The Morgan fingerprint density at radius 2 is 2.00 bits per heavy atom. The van der Waals surface area contributed by atoms with Gasteiger partial charge in [0.15, 0.2) is 0 Å². The average Bonchev–Trinajstić information content (AvgIpc) is 2.50. The fourth-order valence-electron chi connectivity index (χ4n) is 2.77. The minimum absolute atomic E-state index is 0.0767. The number of carboxylic acids is 1. The van der Waals surface area contributed by atoms with E-state index in [2.05, 4.69) is 0 Å². The zero-order chi connectivity index (χ0) is 16.1. The molecule has 0 aromatic heterocycles. The predicted octanol–water partition coefficient (Wildman–Crippen LogP) is 3.78. The first-order valence-corrected chi connectivity index (χ1v) is 8.21. The lowest BCUT2D eigenvalue weighted by Gasteiger charge is -2.33. The number of piperidine rings is 1. The van der Waals surface area contributed by atoms with Gasteiger partial charge in [-0.1, -0.05) is 29.3 Å². The van der Waals surface area contributed by atoms with Crippen molar-refractivity contribution in [1.82, 2.24) is 4.90 Å². The van der Waals surface area contributed by atoms with Gasteiger partial charge in [-0.15, -0.1) is 0 Å². The van der Waals surface area contributed by atoms with Crippen LogP contribution in [0.4, 0.5) is 0 Å². The van der Waals surface area contributed by atoms with Gasteiger partial charge < -0.3 is 10.0 Å². The summed E-state index contributed by atoms with van der Waals surface area (Å²) in [5.74, 6) is -0.982. The lowest BCUT2D eigenvalue weighted by molar-refractivity contribution is -0.152. The highest BCUT2D eigenvalue weighted by atomic mass is 35.5. The fourth-order valence-corrected chi connectivity index (χ4v) is 3.09. The predicted molar refractivity (Wildman–Crippen MR) is 86.4 cm³/mol. The van der Waals surface area contributed by atoms with Gasteiger partial charge in [-0.25, -0.2) is 4.79 Å². The third kappa shape index (κ3) is 4.37. The highest BCUT2D eigenvalue weighted by Gasteiger charge is 2.31. The highest BCUT2D eigenvalue weighted by Crippen LogP contribution is 2.24. The van der Waals surface area contributed by atoms with E-state index in [1.807, 2.05) is 6.07 Å². The molecule has 1 aliphatic heterocycles. The second kappa shape index (κ2) is 7.84. The first kappa shape index (κ1) is 17.1. The number of halogens is 2. The van der Waals surface area contributed by atoms with Gasteiger partial charge in [0, 0.05) is 13.0 Å². The number of carboxylic acid groups (broad SMARTS) is 1. The first-order chi connectivity index (χ1) is 10.5. The summed E-state index contributed by atoms with van der Waals surface area (Å²) in [6.07, 6.45) is 4.03. The Kier molecular flexibility index (Phi) is 6.09. The molecule has 6 heteroatoms. The zero-order valence-electron chi connectivity index (χ0n) is 12.2. The van der Waals surface area contributed by atoms with Crippen molar-refractivity contribution in [3.8, 4) is 0 Å². The van der Waals surface area contributed by atoms with E-state index in [9.17, 15) is 14.7 Å². The third-order valence-electron chi connectivity index (χ3n) is 3.95. The van der Waals surface area contributed by atoms with Crippen molar-refractivity contribution >= 4 is 35.1 Å². The fraction of sp³-hybridized carbons (Fsp3) is 0.500. The van der Waals surface area contributed by atoms with Crippen molar-refractivity contribution in [3.05, 3.63) is 33.8 Å².